The molecule has 2 rings (SSSR count). The molecule has 2 aromatic carbocycles. The minimum absolute atomic E-state index is 0.332. The molecule has 0 aromatic heterocycles. The summed E-state index contributed by atoms with van der Waals surface area (Å²) in [6.45, 7) is 1.75. The molecule has 88 valence electrons. The molecule has 0 aliphatic rings. The molecule has 0 amide bonds. The first-order valence-electron chi connectivity index (χ1n) is 5.39. The van der Waals surface area contributed by atoms with Crippen molar-refractivity contribution in [1.82, 2.24) is 0 Å². The molecule has 1 unspecified atom stereocenters. The minimum atomic E-state index is -0.364. The first kappa shape index (κ1) is 11.7. The zero-order valence-electron chi connectivity index (χ0n) is 9.45. The van der Waals surface area contributed by atoms with E-state index in [2.05, 4.69) is 0 Å². The Morgan fingerprint density at radius 3 is 2.35 bits per heavy atom. The van der Waals surface area contributed by atoms with Gasteiger partial charge in [0.2, 0.25) is 0 Å². The lowest BCUT2D eigenvalue weighted by Gasteiger charge is -2.13. The van der Waals surface area contributed by atoms with E-state index in [9.17, 15) is 8.78 Å². The van der Waals surface area contributed by atoms with Gasteiger partial charge in [0.05, 0.1) is 0 Å². The second-order valence-corrected chi connectivity index (χ2v) is 4.00. The quantitative estimate of drug-likeness (QED) is 0.841. The lowest BCUT2D eigenvalue weighted by molar-refractivity contribution is 0.620. The average Bonchev–Trinajstić information content (AvgIpc) is 2.30. The summed E-state index contributed by atoms with van der Waals surface area (Å²) >= 11 is 0. The van der Waals surface area contributed by atoms with E-state index in [0.29, 0.717) is 16.7 Å². The Hall–Kier alpha value is -1.74. The normalized spacial score (nSPS) is 12.5. The molecular formula is C14H13F2N. The van der Waals surface area contributed by atoms with Crippen LogP contribution in [0.4, 0.5) is 8.78 Å². The smallest absolute Gasteiger partial charge is 0.131 e. The van der Waals surface area contributed by atoms with Crippen molar-refractivity contribution in [3.8, 4) is 11.1 Å². The molecule has 0 fully saturated rings. The Labute approximate surface area is 98.9 Å². The van der Waals surface area contributed by atoms with E-state index in [1.807, 2.05) is 0 Å². The van der Waals surface area contributed by atoms with Crippen LogP contribution in [-0.4, -0.2) is 0 Å². The van der Waals surface area contributed by atoms with Gasteiger partial charge in [-0.1, -0.05) is 24.3 Å². The third kappa shape index (κ3) is 2.34. The van der Waals surface area contributed by atoms with Crippen LogP contribution in [0.1, 0.15) is 18.5 Å². The molecule has 2 aromatic rings. The topological polar surface area (TPSA) is 26.0 Å². The first-order chi connectivity index (χ1) is 8.09. The van der Waals surface area contributed by atoms with Gasteiger partial charge in [0.15, 0.2) is 0 Å². The molecule has 1 nitrogen and oxygen atoms in total. The van der Waals surface area contributed by atoms with E-state index >= 15 is 0 Å². The second-order valence-electron chi connectivity index (χ2n) is 4.00. The van der Waals surface area contributed by atoms with Crippen molar-refractivity contribution >= 4 is 0 Å². The van der Waals surface area contributed by atoms with Crippen LogP contribution in [0, 0.1) is 11.6 Å². The lowest BCUT2D eigenvalue weighted by atomic mass is 9.95. The summed E-state index contributed by atoms with van der Waals surface area (Å²) in [5.74, 6) is -0.696. The molecule has 3 heteroatoms. The molecule has 0 radical (unpaired) electrons. The second kappa shape index (κ2) is 4.63. The number of hydrogen-bond donors (Lipinski definition) is 1. The molecule has 0 spiro atoms. The van der Waals surface area contributed by atoms with Gasteiger partial charge in [-0.05, 0) is 36.2 Å². The van der Waals surface area contributed by atoms with Crippen molar-refractivity contribution in [2.24, 2.45) is 5.73 Å². The fraction of sp³-hybridized carbons (Fsp3) is 0.143. The van der Waals surface area contributed by atoms with Crippen molar-refractivity contribution in [2.75, 3.05) is 0 Å². The standard InChI is InChI=1S/C14H13F2N/c1-9(17)13-8-10(15)6-7-11(13)12-4-2-3-5-14(12)16/h2-9H,17H2,1H3. The highest BCUT2D eigenvalue weighted by Crippen LogP contribution is 2.29. The Balaban J connectivity index is 2.63. The SMILES string of the molecule is CC(N)c1cc(F)ccc1-c1ccccc1F. The maximum absolute atomic E-state index is 13.7. The minimum Gasteiger partial charge on any atom is -0.324 e. The Morgan fingerprint density at radius 1 is 1.00 bits per heavy atom. The summed E-state index contributed by atoms with van der Waals surface area (Å²) < 4.78 is 26.9. The van der Waals surface area contributed by atoms with Crippen molar-refractivity contribution in [3.05, 3.63) is 59.7 Å². The summed E-state index contributed by atoms with van der Waals surface area (Å²) in [7, 11) is 0. The monoisotopic (exact) mass is 233 g/mol. The highest BCUT2D eigenvalue weighted by atomic mass is 19.1. The van der Waals surface area contributed by atoms with Gasteiger partial charge in [0.25, 0.3) is 0 Å². The summed E-state index contributed by atoms with van der Waals surface area (Å²) in [6.07, 6.45) is 0. The van der Waals surface area contributed by atoms with Crippen LogP contribution in [0.3, 0.4) is 0 Å². The van der Waals surface area contributed by atoms with E-state index in [1.165, 1.54) is 18.2 Å². The number of benzene rings is 2. The summed E-state index contributed by atoms with van der Waals surface area (Å²) in [4.78, 5) is 0. The van der Waals surface area contributed by atoms with E-state index in [4.69, 9.17) is 5.73 Å². The predicted molar refractivity (Wildman–Crippen MR) is 64.4 cm³/mol. The van der Waals surface area contributed by atoms with Crippen LogP contribution < -0.4 is 5.73 Å². The molecule has 0 aliphatic heterocycles. The van der Waals surface area contributed by atoms with Crippen LogP contribution in [0.15, 0.2) is 42.5 Å². The zero-order valence-corrected chi connectivity index (χ0v) is 9.45. The zero-order chi connectivity index (χ0) is 12.4. The molecule has 17 heavy (non-hydrogen) atoms. The summed E-state index contributed by atoms with van der Waals surface area (Å²) in [6, 6.07) is 10.3. The van der Waals surface area contributed by atoms with Crippen molar-refractivity contribution in [1.29, 1.82) is 0 Å². The summed E-state index contributed by atoms with van der Waals surface area (Å²) in [5, 5.41) is 0. The number of hydrogen-bond acceptors (Lipinski definition) is 1. The Bertz CT molecular complexity index is 535. The fourth-order valence-electron chi connectivity index (χ4n) is 1.84. The van der Waals surface area contributed by atoms with Gasteiger partial charge in [-0.15, -0.1) is 0 Å². The van der Waals surface area contributed by atoms with Crippen LogP contribution in [0.25, 0.3) is 11.1 Å². The van der Waals surface area contributed by atoms with Gasteiger partial charge in [-0.3, -0.25) is 0 Å². The van der Waals surface area contributed by atoms with Crippen molar-refractivity contribution < 1.29 is 8.78 Å². The molecule has 0 aliphatic carbocycles. The van der Waals surface area contributed by atoms with Gasteiger partial charge in [0, 0.05) is 11.6 Å². The molecule has 0 bridgehead atoms. The van der Waals surface area contributed by atoms with Crippen LogP contribution >= 0.6 is 0 Å². The molecule has 1 atom stereocenters. The van der Waals surface area contributed by atoms with Gasteiger partial charge in [-0.2, -0.15) is 0 Å². The van der Waals surface area contributed by atoms with Crippen molar-refractivity contribution in [3.63, 3.8) is 0 Å². The molecule has 2 N–H and O–H groups in total. The van der Waals surface area contributed by atoms with Crippen LogP contribution in [-0.2, 0) is 0 Å². The maximum atomic E-state index is 13.7. The van der Waals surface area contributed by atoms with Gasteiger partial charge in [0.1, 0.15) is 11.6 Å². The third-order valence-corrected chi connectivity index (χ3v) is 2.67. The number of nitrogens with two attached hydrogens (primary N) is 1. The van der Waals surface area contributed by atoms with E-state index in [-0.39, 0.29) is 17.7 Å². The van der Waals surface area contributed by atoms with Gasteiger partial charge in [-0.25, -0.2) is 8.78 Å². The highest BCUT2D eigenvalue weighted by Gasteiger charge is 2.12. The van der Waals surface area contributed by atoms with Crippen molar-refractivity contribution in [2.45, 2.75) is 13.0 Å². The van der Waals surface area contributed by atoms with E-state index < -0.39 is 0 Å². The first-order valence-corrected chi connectivity index (χ1v) is 5.39. The van der Waals surface area contributed by atoms with Gasteiger partial charge >= 0.3 is 0 Å². The maximum Gasteiger partial charge on any atom is 0.131 e. The van der Waals surface area contributed by atoms with E-state index in [0.717, 1.165) is 0 Å². The summed E-state index contributed by atoms with van der Waals surface area (Å²) in [5.41, 5.74) is 7.47. The van der Waals surface area contributed by atoms with Crippen LogP contribution in [0.5, 0.6) is 0 Å². The average molecular weight is 233 g/mol. The van der Waals surface area contributed by atoms with Gasteiger partial charge < -0.3 is 5.73 Å². The molecule has 0 saturated heterocycles. The number of rotatable bonds is 2. The third-order valence-electron chi connectivity index (χ3n) is 2.67. The highest BCUT2D eigenvalue weighted by molar-refractivity contribution is 5.68. The predicted octanol–water partition coefficient (Wildman–Crippen LogP) is 3.65. The largest absolute Gasteiger partial charge is 0.324 e. The van der Waals surface area contributed by atoms with Crippen LogP contribution in [0.2, 0.25) is 0 Å². The lowest BCUT2D eigenvalue weighted by Crippen LogP contribution is -2.07. The number of halogens is 2. The molecular weight excluding hydrogens is 220 g/mol. The molecule has 0 heterocycles. The molecule has 0 saturated carbocycles. The Morgan fingerprint density at radius 2 is 1.71 bits per heavy atom. The van der Waals surface area contributed by atoms with E-state index in [1.54, 1.807) is 31.2 Å². The Kier molecular flexibility index (Phi) is 3.20. The fourth-order valence-corrected chi connectivity index (χ4v) is 1.84.